The summed E-state index contributed by atoms with van der Waals surface area (Å²) < 4.78 is 5.40. The lowest BCUT2D eigenvalue weighted by molar-refractivity contribution is -0.142. The molecule has 0 aromatic rings. The third-order valence-electron chi connectivity index (χ3n) is 4.24. The third-order valence-corrected chi connectivity index (χ3v) is 4.24. The van der Waals surface area contributed by atoms with Crippen LogP contribution in [0.2, 0.25) is 0 Å². The Labute approximate surface area is 89.2 Å². The van der Waals surface area contributed by atoms with Gasteiger partial charge in [-0.1, -0.05) is 0 Å². The summed E-state index contributed by atoms with van der Waals surface area (Å²) in [5, 5.41) is 9.14. The second-order valence-electron chi connectivity index (χ2n) is 4.94. The molecule has 0 aromatic heterocycles. The van der Waals surface area contributed by atoms with Crippen LogP contribution in [0.4, 0.5) is 0 Å². The fraction of sp³-hybridized carbons (Fsp3) is 0.909. The van der Waals surface area contributed by atoms with Gasteiger partial charge in [-0.15, -0.1) is 0 Å². The lowest BCUT2D eigenvalue weighted by Crippen LogP contribution is -2.41. The van der Waals surface area contributed by atoms with Crippen molar-refractivity contribution in [3.05, 3.63) is 0 Å². The molecule has 0 aliphatic carbocycles. The molecule has 3 rings (SSSR count). The van der Waals surface area contributed by atoms with Gasteiger partial charge in [-0.25, -0.2) is 0 Å². The van der Waals surface area contributed by atoms with E-state index in [1.807, 2.05) is 0 Å². The number of aliphatic carboxylic acids is 1. The predicted molar refractivity (Wildman–Crippen MR) is 53.6 cm³/mol. The number of carboxylic acid groups (broad SMARTS) is 1. The molecule has 3 saturated heterocycles. The highest BCUT2D eigenvalue weighted by molar-refractivity contribution is 5.71. The Morgan fingerprint density at radius 1 is 1.27 bits per heavy atom. The van der Waals surface area contributed by atoms with Crippen LogP contribution in [0.5, 0.6) is 0 Å². The van der Waals surface area contributed by atoms with Crippen LogP contribution < -0.4 is 0 Å². The number of hydrogen-bond acceptors (Lipinski definition) is 3. The van der Waals surface area contributed by atoms with Crippen LogP contribution in [-0.2, 0) is 9.53 Å². The van der Waals surface area contributed by atoms with Gasteiger partial charge in [0.1, 0.15) is 0 Å². The van der Waals surface area contributed by atoms with Gasteiger partial charge < -0.3 is 9.84 Å². The SMILES string of the molecule is O=C(O)C1CC2CCC1N2C1CCOC1. The van der Waals surface area contributed by atoms with Gasteiger partial charge in [0.15, 0.2) is 0 Å². The van der Waals surface area contributed by atoms with Gasteiger partial charge in [0.05, 0.1) is 12.5 Å². The number of hydrogen-bond donors (Lipinski definition) is 1. The van der Waals surface area contributed by atoms with Crippen molar-refractivity contribution in [2.45, 2.75) is 43.8 Å². The van der Waals surface area contributed by atoms with Gasteiger partial charge in [0, 0.05) is 24.7 Å². The maximum Gasteiger partial charge on any atom is 0.308 e. The van der Waals surface area contributed by atoms with Crippen molar-refractivity contribution >= 4 is 5.97 Å². The zero-order valence-electron chi connectivity index (χ0n) is 8.76. The normalized spacial score (nSPS) is 45.1. The number of fused-ring (bicyclic) bond motifs is 2. The van der Waals surface area contributed by atoms with Crippen LogP contribution >= 0.6 is 0 Å². The molecule has 4 nitrogen and oxygen atoms in total. The van der Waals surface area contributed by atoms with E-state index in [0.29, 0.717) is 18.1 Å². The lowest BCUT2D eigenvalue weighted by Gasteiger charge is -2.28. The first-order valence-corrected chi connectivity index (χ1v) is 5.85. The Morgan fingerprint density at radius 3 is 2.73 bits per heavy atom. The maximum absolute atomic E-state index is 11.1. The van der Waals surface area contributed by atoms with Gasteiger partial charge in [0.25, 0.3) is 0 Å². The summed E-state index contributed by atoms with van der Waals surface area (Å²) in [7, 11) is 0. The molecule has 3 aliphatic rings. The molecule has 1 N–H and O–H groups in total. The van der Waals surface area contributed by atoms with Crippen molar-refractivity contribution in [2.24, 2.45) is 5.92 Å². The van der Waals surface area contributed by atoms with Crippen LogP contribution in [0, 0.1) is 5.92 Å². The minimum Gasteiger partial charge on any atom is -0.481 e. The molecule has 0 spiro atoms. The first kappa shape index (κ1) is 9.60. The van der Waals surface area contributed by atoms with E-state index in [1.54, 1.807) is 0 Å². The van der Waals surface area contributed by atoms with Crippen LogP contribution in [-0.4, -0.2) is 47.3 Å². The average molecular weight is 211 g/mol. The van der Waals surface area contributed by atoms with Crippen LogP contribution in [0.25, 0.3) is 0 Å². The van der Waals surface area contributed by atoms with E-state index in [-0.39, 0.29) is 5.92 Å². The van der Waals surface area contributed by atoms with Crippen molar-refractivity contribution in [2.75, 3.05) is 13.2 Å². The molecule has 4 unspecified atom stereocenters. The van der Waals surface area contributed by atoms with Crippen molar-refractivity contribution in [1.82, 2.24) is 4.90 Å². The molecule has 3 heterocycles. The Kier molecular flexibility index (Phi) is 2.21. The number of carbonyl (C=O) groups is 1. The van der Waals surface area contributed by atoms with Gasteiger partial charge in [-0.2, -0.15) is 0 Å². The Hall–Kier alpha value is -0.610. The largest absolute Gasteiger partial charge is 0.481 e. The maximum atomic E-state index is 11.1. The lowest BCUT2D eigenvalue weighted by atomic mass is 9.89. The highest BCUT2D eigenvalue weighted by Crippen LogP contribution is 2.44. The Morgan fingerprint density at radius 2 is 2.13 bits per heavy atom. The van der Waals surface area contributed by atoms with Crippen molar-refractivity contribution in [3.8, 4) is 0 Å². The first-order valence-electron chi connectivity index (χ1n) is 5.85. The molecule has 0 amide bonds. The highest BCUT2D eigenvalue weighted by atomic mass is 16.5. The van der Waals surface area contributed by atoms with Gasteiger partial charge >= 0.3 is 5.97 Å². The standard InChI is InChI=1S/C11H17NO3/c13-11(14)9-5-7-1-2-10(9)12(7)8-3-4-15-6-8/h7-10H,1-6H2,(H,13,14). The second kappa shape index (κ2) is 3.46. The molecule has 4 heteroatoms. The molecular formula is C11H17NO3. The molecule has 84 valence electrons. The van der Waals surface area contributed by atoms with Crippen LogP contribution in [0.1, 0.15) is 25.7 Å². The molecule has 3 aliphatic heterocycles. The fourth-order valence-corrected chi connectivity index (χ4v) is 3.62. The average Bonchev–Trinajstić information content (AvgIpc) is 2.90. The summed E-state index contributed by atoms with van der Waals surface area (Å²) in [4.78, 5) is 13.5. The molecule has 15 heavy (non-hydrogen) atoms. The van der Waals surface area contributed by atoms with E-state index in [4.69, 9.17) is 9.84 Å². The number of nitrogens with zero attached hydrogens (tertiary/aromatic N) is 1. The van der Waals surface area contributed by atoms with E-state index in [2.05, 4.69) is 4.90 Å². The van der Waals surface area contributed by atoms with E-state index < -0.39 is 5.97 Å². The Bertz CT molecular complexity index is 275. The topological polar surface area (TPSA) is 49.8 Å². The van der Waals surface area contributed by atoms with E-state index in [1.165, 1.54) is 6.42 Å². The van der Waals surface area contributed by atoms with Crippen molar-refractivity contribution in [3.63, 3.8) is 0 Å². The van der Waals surface area contributed by atoms with Gasteiger partial charge in [0.2, 0.25) is 0 Å². The van der Waals surface area contributed by atoms with Crippen LogP contribution in [0.3, 0.4) is 0 Å². The van der Waals surface area contributed by atoms with E-state index >= 15 is 0 Å². The fourth-order valence-electron chi connectivity index (χ4n) is 3.62. The quantitative estimate of drug-likeness (QED) is 0.731. The summed E-state index contributed by atoms with van der Waals surface area (Å²) >= 11 is 0. The molecule has 3 fully saturated rings. The summed E-state index contributed by atoms with van der Waals surface area (Å²) in [6.45, 7) is 1.65. The minimum absolute atomic E-state index is 0.121. The first-order chi connectivity index (χ1) is 7.27. The smallest absolute Gasteiger partial charge is 0.308 e. The number of ether oxygens (including phenoxy) is 1. The molecular weight excluding hydrogens is 194 g/mol. The monoisotopic (exact) mass is 211 g/mol. The summed E-state index contributed by atoms with van der Waals surface area (Å²) in [6, 6.07) is 1.30. The van der Waals surface area contributed by atoms with Crippen molar-refractivity contribution in [1.29, 1.82) is 0 Å². The molecule has 0 radical (unpaired) electrons. The molecule has 0 saturated carbocycles. The predicted octanol–water partition coefficient (Wildman–Crippen LogP) is 0.713. The van der Waals surface area contributed by atoms with Crippen LogP contribution in [0.15, 0.2) is 0 Å². The zero-order valence-corrected chi connectivity index (χ0v) is 8.76. The Balaban J connectivity index is 1.77. The van der Waals surface area contributed by atoms with E-state index in [0.717, 1.165) is 32.5 Å². The highest BCUT2D eigenvalue weighted by Gasteiger charge is 2.51. The summed E-state index contributed by atoms with van der Waals surface area (Å²) in [5.74, 6) is -0.726. The summed E-state index contributed by atoms with van der Waals surface area (Å²) in [6.07, 6.45) is 4.19. The molecule has 4 atom stereocenters. The molecule has 0 aromatic carbocycles. The second-order valence-corrected chi connectivity index (χ2v) is 4.94. The van der Waals surface area contributed by atoms with E-state index in [9.17, 15) is 4.79 Å². The summed E-state index contributed by atoms with van der Waals surface area (Å²) in [5.41, 5.74) is 0. The number of rotatable bonds is 2. The van der Waals surface area contributed by atoms with Gasteiger partial charge in [-0.3, -0.25) is 9.69 Å². The zero-order chi connectivity index (χ0) is 10.4. The van der Waals surface area contributed by atoms with Crippen molar-refractivity contribution < 1.29 is 14.6 Å². The van der Waals surface area contributed by atoms with Gasteiger partial charge in [-0.05, 0) is 25.7 Å². The number of carboxylic acids is 1. The molecule has 2 bridgehead atoms. The minimum atomic E-state index is -0.605. The third kappa shape index (κ3) is 1.39.